The van der Waals surface area contributed by atoms with Crippen molar-refractivity contribution in [2.45, 2.75) is 17.9 Å². The summed E-state index contributed by atoms with van der Waals surface area (Å²) < 4.78 is 38.7. The Bertz CT molecular complexity index is 1250. The van der Waals surface area contributed by atoms with Crippen LogP contribution in [0.25, 0.3) is 10.2 Å². The van der Waals surface area contributed by atoms with Gasteiger partial charge >= 0.3 is 0 Å². The molecule has 2 heterocycles. The number of thiazole rings is 1. The van der Waals surface area contributed by atoms with Crippen LogP contribution in [0.1, 0.15) is 6.42 Å². The van der Waals surface area contributed by atoms with Crippen LogP contribution in [0, 0.1) is 0 Å². The molecule has 1 aliphatic heterocycles. The highest BCUT2D eigenvalue weighted by Crippen LogP contribution is 2.37. The maximum atomic E-state index is 12.5. The molecule has 0 bridgehead atoms. The molecular weight excluding hydrogens is 444 g/mol. The van der Waals surface area contributed by atoms with Gasteiger partial charge in [-0.2, -0.15) is 16.8 Å². The molecule has 0 saturated heterocycles. The molecule has 0 fully saturated rings. The minimum atomic E-state index is -3.52. The molecule has 2 aromatic carbocycles. The summed E-state index contributed by atoms with van der Waals surface area (Å²) >= 11 is 3.07. The average Bonchev–Trinajstić information content (AvgIpc) is 3.33. The number of nitrogens with zero attached hydrogens (tertiary/aromatic N) is 2. The second-order valence-corrected chi connectivity index (χ2v) is 10.7. The van der Waals surface area contributed by atoms with Crippen molar-refractivity contribution in [3.05, 3.63) is 47.3 Å². The number of aromatic nitrogens is 1. The summed E-state index contributed by atoms with van der Waals surface area (Å²) in [5, 5.41) is 0. The first-order chi connectivity index (χ1) is 14.5. The fourth-order valence-electron chi connectivity index (χ4n) is 3.07. The number of sulfone groups is 1. The summed E-state index contributed by atoms with van der Waals surface area (Å²) in [6, 6.07) is 11.9. The maximum Gasteiger partial charge on any atom is 0.249 e. The standard InChI is InChI=1S/C20H20N2O5S3/c1-28-9-8-22-15-11-16-17(27-13-26-16)12-18(15)29-20(22)21-19(23)7-10-30(24,25)14-5-3-2-4-6-14/h2-6,11-12H,7-10,13H2,1H3. The van der Waals surface area contributed by atoms with Crippen LogP contribution in [-0.4, -0.2) is 43.4 Å². The Hall–Kier alpha value is -2.30. The van der Waals surface area contributed by atoms with E-state index in [4.69, 9.17) is 9.47 Å². The lowest BCUT2D eigenvalue weighted by Gasteiger charge is -2.05. The summed E-state index contributed by atoms with van der Waals surface area (Å²) in [5.74, 6) is 1.46. The van der Waals surface area contributed by atoms with Crippen molar-refractivity contribution in [1.29, 1.82) is 0 Å². The lowest BCUT2D eigenvalue weighted by Crippen LogP contribution is -2.19. The van der Waals surface area contributed by atoms with Crippen molar-refractivity contribution < 1.29 is 22.7 Å². The van der Waals surface area contributed by atoms with Crippen LogP contribution in [0.5, 0.6) is 11.5 Å². The first-order valence-corrected chi connectivity index (χ1v) is 13.1. The van der Waals surface area contributed by atoms with Gasteiger partial charge in [-0.05, 0) is 18.4 Å². The van der Waals surface area contributed by atoms with E-state index in [1.54, 1.807) is 30.0 Å². The second kappa shape index (κ2) is 8.83. The van der Waals surface area contributed by atoms with Crippen molar-refractivity contribution in [2.75, 3.05) is 24.6 Å². The van der Waals surface area contributed by atoms with Crippen LogP contribution in [0.2, 0.25) is 0 Å². The zero-order chi connectivity index (χ0) is 21.1. The minimum absolute atomic E-state index is 0.170. The molecule has 0 radical (unpaired) electrons. The molecule has 0 unspecified atom stereocenters. The van der Waals surface area contributed by atoms with Crippen LogP contribution < -0.4 is 14.3 Å². The number of benzene rings is 2. The molecule has 30 heavy (non-hydrogen) atoms. The first kappa shape index (κ1) is 21.0. The Morgan fingerprint density at radius 3 is 2.67 bits per heavy atom. The summed E-state index contributed by atoms with van der Waals surface area (Å²) in [4.78, 5) is 17.5. The van der Waals surface area contributed by atoms with Crippen molar-refractivity contribution in [3.8, 4) is 11.5 Å². The normalized spacial score (nSPS) is 13.8. The smallest absolute Gasteiger partial charge is 0.249 e. The topological polar surface area (TPSA) is 87.0 Å². The van der Waals surface area contributed by atoms with Crippen molar-refractivity contribution in [1.82, 2.24) is 4.57 Å². The molecule has 1 amide bonds. The largest absolute Gasteiger partial charge is 0.454 e. The quantitative estimate of drug-likeness (QED) is 0.534. The molecular formula is C20H20N2O5S3. The maximum absolute atomic E-state index is 12.5. The third-order valence-corrected chi connectivity index (χ3v) is 7.97. The molecule has 10 heteroatoms. The summed E-state index contributed by atoms with van der Waals surface area (Å²) in [5.41, 5.74) is 0.918. The molecule has 0 aliphatic carbocycles. The number of carbonyl (C=O) groups excluding carboxylic acids is 1. The molecule has 7 nitrogen and oxygen atoms in total. The van der Waals surface area contributed by atoms with Crippen LogP contribution in [0.3, 0.4) is 0 Å². The molecule has 3 aromatic rings. The molecule has 158 valence electrons. The highest BCUT2D eigenvalue weighted by Gasteiger charge is 2.19. The minimum Gasteiger partial charge on any atom is -0.454 e. The number of carbonyl (C=O) groups is 1. The van der Waals surface area contributed by atoms with E-state index in [1.807, 2.05) is 23.0 Å². The van der Waals surface area contributed by atoms with E-state index < -0.39 is 15.7 Å². The first-order valence-electron chi connectivity index (χ1n) is 9.25. The van der Waals surface area contributed by atoms with E-state index in [2.05, 4.69) is 4.99 Å². The van der Waals surface area contributed by atoms with Crippen LogP contribution in [0.15, 0.2) is 52.4 Å². The summed E-state index contributed by atoms with van der Waals surface area (Å²) in [6.45, 7) is 0.873. The van der Waals surface area contributed by atoms with Crippen molar-refractivity contribution in [2.24, 2.45) is 4.99 Å². The van der Waals surface area contributed by atoms with E-state index in [0.717, 1.165) is 16.0 Å². The number of hydrogen-bond donors (Lipinski definition) is 0. The van der Waals surface area contributed by atoms with Gasteiger partial charge < -0.3 is 14.0 Å². The van der Waals surface area contributed by atoms with E-state index in [0.29, 0.717) is 22.8 Å². The van der Waals surface area contributed by atoms with Gasteiger partial charge in [-0.1, -0.05) is 29.5 Å². The fourth-order valence-corrected chi connectivity index (χ4v) is 5.77. The van der Waals surface area contributed by atoms with E-state index in [9.17, 15) is 13.2 Å². The summed E-state index contributed by atoms with van der Waals surface area (Å²) in [7, 11) is -3.52. The van der Waals surface area contributed by atoms with E-state index in [-0.39, 0.29) is 23.9 Å². The number of aryl methyl sites for hydroxylation is 1. The Balaban J connectivity index is 1.62. The number of rotatable bonds is 7. The number of ether oxygens (including phenoxy) is 2. The lowest BCUT2D eigenvalue weighted by molar-refractivity contribution is -0.117. The van der Waals surface area contributed by atoms with Crippen LogP contribution in [0.4, 0.5) is 0 Å². The predicted octanol–water partition coefficient (Wildman–Crippen LogP) is 3.09. The van der Waals surface area contributed by atoms with Gasteiger partial charge in [0.05, 0.1) is 20.9 Å². The van der Waals surface area contributed by atoms with E-state index in [1.165, 1.54) is 23.5 Å². The lowest BCUT2D eigenvalue weighted by atomic mass is 10.3. The van der Waals surface area contributed by atoms with Gasteiger partial charge in [-0.25, -0.2) is 8.42 Å². The number of hydrogen-bond acceptors (Lipinski definition) is 7. The van der Waals surface area contributed by atoms with Gasteiger partial charge in [0.1, 0.15) is 0 Å². The number of amides is 1. The Kier molecular flexibility index (Phi) is 6.16. The summed E-state index contributed by atoms with van der Waals surface area (Å²) in [6.07, 6.45) is 1.84. The van der Waals surface area contributed by atoms with Crippen LogP contribution in [-0.2, 0) is 21.2 Å². The van der Waals surface area contributed by atoms with Gasteiger partial charge in [0, 0.05) is 30.9 Å². The van der Waals surface area contributed by atoms with E-state index >= 15 is 0 Å². The Morgan fingerprint density at radius 1 is 1.20 bits per heavy atom. The SMILES string of the molecule is CSCCn1c(=NC(=O)CCS(=O)(=O)c2ccccc2)sc2cc3c(cc21)OCO3. The number of thioether (sulfide) groups is 1. The number of fused-ring (bicyclic) bond motifs is 2. The fraction of sp³-hybridized carbons (Fsp3) is 0.300. The van der Waals surface area contributed by atoms with Gasteiger partial charge in [0.2, 0.25) is 12.7 Å². The Labute approximate surface area is 182 Å². The molecule has 1 aromatic heterocycles. The average molecular weight is 465 g/mol. The zero-order valence-corrected chi connectivity index (χ0v) is 18.7. The molecule has 0 spiro atoms. The molecule has 0 N–H and O–H groups in total. The third-order valence-electron chi connectivity index (χ3n) is 4.60. The van der Waals surface area contributed by atoms with Gasteiger partial charge in [-0.15, -0.1) is 0 Å². The zero-order valence-electron chi connectivity index (χ0n) is 16.2. The third kappa shape index (κ3) is 4.40. The van der Waals surface area contributed by atoms with Gasteiger partial charge in [0.15, 0.2) is 26.1 Å². The molecule has 0 atom stereocenters. The molecule has 1 aliphatic rings. The monoisotopic (exact) mass is 464 g/mol. The van der Waals surface area contributed by atoms with Crippen molar-refractivity contribution >= 4 is 49.1 Å². The van der Waals surface area contributed by atoms with Gasteiger partial charge in [-0.3, -0.25) is 4.79 Å². The predicted molar refractivity (Wildman–Crippen MR) is 118 cm³/mol. The highest BCUT2D eigenvalue weighted by atomic mass is 32.2. The Morgan fingerprint density at radius 2 is 1.93 bits per heavy atom. The molecule has 4 rings (SSSR count). The molecule has 0 saturated carbocycles. The van der Waals surface area contributed by atoms with Crippen LogP contribution >= 0.6 is 23.1 Å². The second-order valence-electron chi connectivity index (χ2n) is 6.59. The van der Waals surface area contributed by atoms with Gasteiger partial charge in [0.25, 0.3) is 0 Å². The van der Waals surface area contributed by atoms with Crippen molar-refractivity contribution in [3.63, 3.8) is 0 Å². The highest BCUT2D eigenvalue weighted by molar-refractivity contribution is 7.98.